The smallest absolute Gasteiger partial charge is 0.307 e. The highest BCUT2D eigenvalue weighted by atomic mass is 16.4. The molecule has 3 N–H and O–H groups in total. The number of aromatic hydroxyl groups is 1. The lowest BCUT2D eigenvalue weighted by Crippen LogP contribution is -2.18. The van der Waals surface area contributed by atoms with Crippen molar-refractivity contribution in [2.45, 2.75) is 65.7 Å². The summed E-state index contributed by atoms with van der Waals surface area (Å²) in [4.78, 5) is 19.9. The first-order valence-electron chi connectivity index (χ1n) is 7.44. The predicted octanol–water partition coefficient (Wildman–Crippen LogP) is 3.71. The van der Waals surface area contributed by atoms with Crippen molar-refractivity contribution in [3.8, 4) is 5.75 Å². The molecule has 1 aromatic rings. The Morgan fingerprint density at radius 1 is 0.913 bits per heavy atom. The maximum Gasteiger partial charge on any atom is 0.307 e. The van der Waals surface area contributed by atoms with Gasteiger partial charge in [0, 0.05) is 6.92 Å². The Hall–Kier alpha value is -2.04. The molecule has 130 valence electrons. The summed E-state index contributed by atoms with van der Waals surface area (Å²) < 4.78 is 0. The van der Waals surface area contributed by atoms with Gasteiger partial charge in [-0.25, -0.2) is 0 Å². The fraction of sp³-hybridized carbons (Fsp3) is 0.556. The molecule has 5 nitrogen and oxygen atoms in total. The van der Waals surface area contributed by atoms with E-state index in [4.69, 9.17) is 15.0 Å². The van der Waals surface area contributed by atoms with Gasteiger partial charge in [0.25, 0.3) is 5.97 Å². The van der Waals surface area contributed by atoms with Gasteiger partial charge in [-0.05, 0) is 27.5 Å². The highest BCUT2D eigenvalue weighted by Crippen LogP contribution is 2.39. The normalized spacial score (nSPS) is 11.4. The van der Waals surface area contributed by atoms with Crippen LogP contribution in [0.2, 0.25) is 0 Å². The first kappa shape index (κ1) is 21.0. The van der Waals surface area contributed by atoms with Crippen molar-refractivity contribution in [2.75, 3.05) is 0 Å². The number of phenols is 1. The van der Waals surface area contributed by atoms with Gasteiger partial charge < -0.3 is 15.3 Å². The van der Waals surface area contributed by atoms with Crippen LogP contribution in [0.15, 0.2) is 12.1 Å². The van der Waals surface area contributed by atoms with Crippen LogP contribution in [0.1, 0.15) is 65.2 Å². The van der Waals surface area contributed by atoms with Crippen LogP contribution in [0.25, 0.3) is 0 Å². The van der Waals surface area contributed by atoms with Crippen molar-refractivity contribution < 1.29 is 24.9 Å². The summed E-state index contributed by atoms with van der Waals surface area (Å²) in [6, 6.07) is 3.61. The van der Waals surface area contributed by atoms with E-state index in [0.717, 1.165) is 23.6 Å². The molecule has 0 fully saturated rings. The lowest BCUT2D eigenvalue weighted by atomic mass is 9.78. The van der Waals surface area contributed by atoms with Crippen LogP contribution in [-0.4, -0.2) is 27.3 Å². The van der Waals surface area contributed by atoms with E-state index in [-0.39, 0.29) is 23.0 Å². The van der Waals surface area contributed by atoms with E-state index in [9.17, 15) is 9.90 Å². The lowest BCUT2D eigenvalue weighted by Gasteiger charge is -2.28. The van der Waals surface area contributed by atoms with E-state index in [1.807, 2.05) is 41.5 Å². The zero-order valence-corrected chi connectivity index (χ0v) is 15.0. The standard InChI is InChI=1S/C16H24O3.C2H4O2/c1-15(2,3)11-7-10(9-13(17)18)8-12(14(11)19)16(4,5)6;1-2(3)4/h7-8,19H,9H2,1-6H3,(H,17,18);1H3,(H,3,4). The molecule has 0 bridgehead atoms. The summed E-state index contributed by atoms with van der Waals surface area (Å²) in [5, 5.41) is 26.8. The van der Waals surface area contributed by atoms with Crippen LogP contribution in [0.4, 0.5) is 0 Å². The second-order valence-corrected chi connectivity index (χ2v) is 7.63. The highest BCUT2D eigenvalue weighted by Gasteiger charge is 2.26. The number of carboxylic acid groups (broad SMARTS) is 2. The van der Waals surface area contributed by atoms with Gasteiger partial charge in [0.2, 0.25) is 0 Å². The molecule has 1 aromatic carbocycles. The van der Waals surface area contributed by atoms with Gasteiger partial charge >= 0.3 is 5.97 Å². The molecule has 5 heteroatoms. The maximum absolute atomic E-state index is 10.9. The molecule has 0 aromatic heterocycles. The van der Waals surface area contributed by atoms with Gasteiger partial charge in [-0.2, -0.15) is 0 Å². The number of carbonyl (C=O) groups is 2. The summed E-state index contributed by atoms with van der Waals surface area (Å²) in [5.41, 5.74) is 1.89. The Labute approximate surface area is 138 Å². The Morgan fingerprint density at radius 2 is 1.22 bits per heavy atom. The molecule has 0 aliphatic carbocycles. The quantitative estimate of drug-likeness (QED) is 0.771. The van der Waals surface area contributed by atoms with Gasteiger partial charge in [0.1, 0.15) is 5.75 Å². The second-order valence-electron chi connectivity index (χ2n) is 7.63. The molecular weight excluding hydrogens is 296 g/mol. The van der Waals surface area contributed by atoms with Crippen LogP contribution in [0.5, 0.6) is 5.75 Å². The molecule has 0 saturated carbocycles. The zero-order chi connectivity index (χ0) is 18.6. The molecule has 0 atom stereocenters. The second kappa shape index (κ2) is 7.49. The van der Waals surface area contributed by atoms with Crippen LogP contribution in [0, 0.1) is 0 Å². The first-order valence-corrected chi connectivity index (χ1v) is 7.44. The summed E-state index contributed by atoms with van der Waals surface area (Å²) in [5.74, 6) is -1.40. The molecular formula is C18H28O5. The van der Waals surface area contributed by atoms with Crippen molar-refractivity contribution in [3.63, 3.8) is 0 Å². The van der Waals surface area contributed by atoms with Crippen molar-refractivity contribution in [1.82, 2.24) is 0 Å². The molecule has 0 radical (unpaired) electrons. The van der Waals surface area contributed by atoms with Crippen LogP contribution < -0.4 is 0 Å². The van der Waals surface area contributed by atoms with E-state index < -0.39 is 11.9 Å². The van der Waals surface area contributed by atoms with E-state index in [2.05, 4.69) is 0 Å². The average molecular weight is 324 g/mol. The number of aliphatic carboxylic acids is 2. The Balaban J connectivity index is 0.00000108. The SMILES string of the molecule is CC(=O)O.CC(C)(C)c1cc(CC(=O)O)cc(C(C)(C)C)c1O. The number of hydrogen-bond acceptors (Lipinski definition) is 3. The van der Waals surface area contributed by atoms with Gasteiger partial charge in [-0.1, -0.05) is 53.7 Å². The van der Waals surface area contributed by atoms with Crippen molar-refractivity contribution in [2.24, 2.45) is 0 Å². The third-order valence-corrected chi connectivity index (χ3v) is 3.14. The van der Waals surface area contributed by atoms with E-state index >= 15 is 0 Å². The zero-order valence-electron chi connectivity index (χ0n) is 15.0. The minimum Gasteiger partial charge on any atom is -0.507 e. The Kier molecular flexibility index (Phi) is 6.82. The number of benzene rings is 1. The van der Waals surface area contributed by atoms with Gasteiger partial charge in [-0.15, -0.1) is 0 Å². The topological polar surface area (TPSA) is 94.8 Å². The van der Waals surface area contributed by atoms with Crippen molar-refractivity contribution >= 4 is 11.9 Å². The van der Waals surface area contributed by atoms with Gasteiger partial charge in [0.15, 0.2) is 0 Å². The van der Waals surface area contributed by atoms with Crippen LogP contribution in [0.3, 0.4) is 0 Å². The number of hydrogen-bond donors (Lipinski definition) is 3. The summed E-state index contributed by atoms with van der Waals surface area (Å²) >= 11 is 0. The number of carboxylic acids is 2. The first-order chi connectivity index (χ1) is 10.2. The van der Waals surface area contributed by atoms with Crippen molar-refractivity contribution in [1.29, 1.82) is 0 Å². The minimum atomic E-state index is -0.856. The van der Waals surface area contributed by atoms with Gasteiger partial charge in [-0.3, -0.25) is 9.59 Å². The molecule has 0 aliphatic heterocycles. The highest BCUT2D eigenvalue weighted by molar-refractivity contribution is 5.71. The molecule has 0 aliphatic rings. The maximum atomic E-state index is 10.9. The third-order valence-electron chi connectivity index (χ3n) is 3.14. The molecule has 0 spiro atoms. The van der Waals surface area contributed by atoms with Crippen molar-refractivity contribution in [3.05, 3.63) is 28.8 Å². The van der Waals surface area contributed by atoms with Crippen LogP contribution >= 0.6 is 0 Å². The average Bonchev–Trinajstić information content (AvgIpc) is 2.26. The fourth-order valence-corrected chi connectivity index (χ4v) is 2.11. The monoisotopic (exact) mass is 324 g/mol. The molecule has 23 heavy (non-hydrogen) atoms. The third kappa shape index (κ3) is 7.17. The molecule has 1 rings (SSSR count). The number of phenolic OH excluding ortho intramolecular Hbond substituents is 1. The predicted molar refractivity (Wildman–Crippen MR) is 90.2 cm³/mol. The lowest BCUT2D eigenvalue weighted by molar-refractivity contribution is -0.136. The summed E-state index contributed by atoms with van der Waals surface area (Å²) in [6.45, 7) is 13.2. The van der Waals surface area contributed by atoms with E-state index in [1.54, 1.807) is 12.1 Å². The van der Waals surface area contributed by atoms with E-state index in [1.165, 1.54) is 0 Å². The molecule has 0 unspecified atom stereocenters. The summed E-state index contributed by atoms with van der Waals surface area (Å²) in [6.07, 6.45) is -0.0214. The Morgan fingerprint density at radius 3 is 1.43 bits per heavy atom. The largest absolute Gasteiger partial charge is 0.507 e. The molecule has 0 heterocycles. The Bertz CT molecular complexity index is 535. The van der Waals surface area contributed by atoms with E-state index in [0.29, 0.717) is 0 Å². The molecule has 0 saturated heterocycles. The van der Waals surface area contributed by atoms with Gasteiger partial charge in [0.05, 0.1) is 6.42 Å². The number of rotatable bonds is 2. The minimum absolute atomic E-state index is 0.0214. The fourth-order valence-electron chi connectivity index (χ4n) is 2.11. The summed E-state index contributed by atoms with van der Waals surface area (Å²) in [7, 11) is 0. The van der Waals surface area contributed by atoms with Crippen LogP contribution in [-0.2, 0) is 26.8 Å². The molecule has 0 amide bonds.